The Balaban J connectivity index is 1.61. The first kappa shape index (κ1) is 22.1. The number of aromatic hydroxyl groups is 1. The van der Waals surface area contributed by atoms with Gasteiger partial charge in [-0.3, -0.25) is 9.59 Å². The van der Waals surface area contributed by atoms with E-state index in [2.05, 4.69) is 5.32 Å². The smallest absolute Gasteiger partial charge is 0.255 e. The largest absolute Gasteiger partial charge is 0.502 e. The standard InChI is InChI=1S/C26H21NO8/c1-13-8-16-22(28)23(29)24(14-4-7-19-21(10-14)34-12-33-19)35-25(16)17(9-13)27-26(30)15-5-6-18(31-2)20(11-15)32-3/h4-11,29H,12H2,1-3H3,(H,27,30). The summed E-state index contributed by atoms with van der Waals surface area (Å²) in [6, 6.07) is 13.0. The minimum Gasteiger partial charge on any atom is -0.502 e. The second-order valence-corrected chi connectivity index (χ2v) is 7.89. The van der Waals surface area contributed by atoms with Crippen LogP contribution in [0.1, 0.15) is 15.9 Å². The topological polar surface area (TPSA) is 116 Å². The average Bonchev–Trinajstić information content (AvgIpc) is 3.34. The summed E-state index contributed by atoms with van der Waals surface area (Å²) < 4.78 is 27.2. The summed E-state index contributed by atoms with van der Waals surface area (Å²) in [6.45, 7) is 1.85. The average molecular weight is 475 g/mol. The molecule has 1 aliphatic rings. The molecular formula is C26H21NO8. The van der Waals surface area contributed by atoms with Crippen molar-refractivity contribution in [2.75, 3.05) is 26.3 Å². The van der Waals surface area contributed by atoms with Gasteiger partial charge in [-0.1, -0.05) is 0 Å². The van der Waals surface area contributed by atoms with E-state index in [-0.39, 0.29) is 29.2 Å². The normalized spacial score (nSPS) is 12.0. The highest BCUT2D eigenvalue weighted by molar-refractivity contribution is 6.08. The molecular weight excluding hydrogens is 454 g/mol. The van der Waals surface area contributed by atoms with Crippen molar-refractivity contribution >= 4 is 22.6 Å². The molecule has 5 rings (SSSR count). The van der Waals surface area contributed by atoms with Crippen LogP contribution in [0.15, 0.2) is 57.7 Å². The summed E-state index contributed by atoms with van der Waals surface area (Å²) in [5.41, 5.74) is 1.21. The van der Waals surface area contributed by atoms with Crippen LogP contribution >= 0.6 is 0 Å². The number of benzene rings is 3. The van der Waals surface area contributed by atoms with Gasteiger partial charge in [-0.2, -0.15) is 0 Å². The SMILES string of the molecule is COc1ccc(C(=O)Nc2cc(C)cc3c(=O)c(O)c(-c4ccc5c(c4)OCO5)oc23)cc1OC. The Labute approximate surface area is 199 Å². The number of anilines is 1. The summed E-state index contributed by atoms with van der Waals surface area (Å²) in [6.07, 6.45) is 0. The Morgan fingerprint density at radius 3 is 2.51 bits per heavy atom. The van der Waals surface area contributed by atoms with E-state index < -0.39 is 17.1 Å². The van der Waals surface area contributed by atoms with E-state index in [0.29, 0.717) is 39.7 Å². The third-order valence-electron chi connectivity index (χ3n) is 5.64. The number of amides is 1. The summed E-state index contributed by atoms with van der Waals surface area (Å²) in [4.78, 5) is 26.1. The fourth-order valence-electron chi connectivity index (χ4n) is 3.93. The molecule has 1 aliphatic heterocycles. The predicted molar refractivity (Wildman–Crippen MR) is 128 cm³/mol. The monoisotopic (exact) mass is 475 g/mol. The number of methoxy groups -OCH3 is 2. The second-order valence-electron chi connectivity index (χ2n) is 7.89. The van der Waals surface area contributed by atoms with Crippen molar-refractivity contribution < 1.29 is 33.3 Å². The zero-order valence-electron chi connectivity index (χ0n) is 19.1. The third kappa shape index (κ3) is 3.86. The number of ether oxygens (including phenoxy) is 4. The van der Waals surface area contributed by atoms with Gasteiger partial charge in [0.2, 0.25) is 18.0 Å². The lowest BCUT2D eigenvalue weighted by Crippen LogP contribution is -2.14. The van der Waals surface area contributed by atoms with Crippen LogP contribution < -0.4 is 29.7 Å². The molecule has 178 valence electrons. The molecule has 1 amide bonds. The number of hydrogen-bond donors (Lipinski definition) is 2. The molecule has 1 aromatic heterocycles. The molecule has 0 saturated heterocycles. The Kier molecular flexibility index (Phi) is 5.44. The van der Waals surface area contributed by atoms with Gasteiger partial charge in [0.15, 0.2) is 34.3 Å². The number of hydrogen-bond acceptors (Lipinski definition) is 8. The third-order valence-corrected chi connectivity index (χ3v) is 5.64. The quantitative estimate of drug-likeness (QED) is 0.434. The van der Waals surface area contributed by atoms with Crippen molar-refractivity contribution in [2.45, 2.75) is 6.92 Å². The van der Waals surface area contributed by atoms with Gasteiger partial charge in [0.25, 0.3) is 5.91 Å². The van der Waals surface area contributed by atoms with Crippen molar-refractivity contribution in [3.63, 3.8) is 0 Å². The van der Waals surface area contributed by atoms with Crippen molar-refractivity contribution in [1.82, 2.24) is 0 Å². The van der Waals surface area contributed by atoms with Crippen molar-refractivity contribution in [2.24, 2.45) is 0 Å². The highest BCUT2D eigenvalue weighted by atomic mass is 16.7. The zero-order valence-corrected chi connectivity index (χ0v) is 19.1. The molecule has 4 aromatic rings. The summed E-state index contributed by atoms with van der Waals surface area (Å²) >= 11 is 0. The lowest BCUT2D eigenvalue weighted by Gasteiger charge is -2.13. The van der Waals surface area contributed by atoms with Crippen LogP contribution in [0.25, 0.3) is 22.3 Å². The van der Waals surface area contributed by atoms with Crippen LogP contribution in [0, 0.1) is 6.92 Å². The zero-order chi connectivity index (χ0) is 24.7. The molecule has 3 aromatic carbocycles. The fraction of sp³-hybridized carbons (Fsp3) is 0.154. The van der Waals surface area contributed by atoms with Gasteiger partial charge in [0.1, 0.15) is 0 Å². The Morgan fingerprint density at radius 1 is 0.971 bits per heavy atom. The maximum absolute atomic E-state index is 13.1. The van der Waals surface area contributed by atoms with Gasteiger partial charge in [0.05, 0.1) is 25.3 Å². The molecule has 0 bridgehead atoms. The molecule has 0 atom stereocenters. The molecule has 9 heteroatoms. The minimum atomic E-state index is -0.621. The van der Waals surface area contributed by atoms with Gasteiger partial charge < -0.3 is 33.8 Å². The molecule has 0 saturated carbocycles. The van der Waals surface area contributed by atoms with Gasteiger partial charge in [0, 0.05) is 11.1 Å². The fourth-order valence-corrected chi connectivity index (χ4v) is 3.93. The summed E-state index contributed by atoms with van der Waals surface area (Å²) in [7, 11) is 2.98. The number of nitrogens with one attached hydrogen (secondary N) is 1. The number of fused-ring (bicyclic) bond motifs is 2. The first-order chi connectivity index (χ1) is 16.9. The molecule has 9 nitrogen and oxygen atoms in total. The van der Waals surface area contributed by atoms with Gasteiger partial charge in [-0.15, -0.1) is 0 Å². The van der Waals surface area contributed by atoms with Gasteiger partial charge in [-0.25, -0.2) is 0 Å². The van der Waals surface area contributed by atoms with Gasteiger partial charge in [-0.05, 0) is 61.0 Å². The molecule has 35 heavy (non-hydrogen) atoms. The molecule has 0 aliphatic carbocycles. The van der Waals surface area contributed by atoms with Crippen molar-refractivity contribution in [3.8, 4) is 40.1 Å². The number of rotatable bonds is 5. The Bertz CT molecular complexity index is 1540. The van der Waals surface area contributed by atoms with Crippen LogP contribution in [0.5, 0.6) is 28.7 Å². The van der Waals surface area contributed by atoms with E-state index in [1.807, 2.05) is 0 Å². The van der Waals surface area contributed by atoms with E-state index in [4.69, 9.17) is 23.4 Å². The van der Waals surface area contributed by atoms with Crippen LogP contribution in [0.3, 0.4) is 0 Å². The maximum Gasteiger partial charge on any atom is 0.255 e. The van der Waals surface area contributed by atoms with E-state index in [9.17, 15) is 14.7 Å². The van der Waals surface area contributed by atoms with E-state index >= 15 is 0 Å². The first-order valence-corrected chi connectivity index (χ1v) is 10.6. The van der Waals surface area contributed by atoms with Crippen molar-refractivity contribution in [1.29, 1.82) is 0 Å². The van der Waals surface area contributed by atoms with E-state index in [1.54, 1.807) is 55.5 Å². The molecule has 0 fully saturated rings. The second kappa shape index (κ2) is 8.60. The summed E-state index contributed by atoms with van der Waals surface area (Å²) in [5.74, 6) is 0.865. The Morgan fingerprint density at radius 2 is 1.74 bits per heavy atom. The van der Waals surface area contributed by atoms with Crippen LogP contribution in [0.4, 0.5) is 5.69 Å². The summed E-state index contributed by atoms with van der Waals surface area (Å²) in [5, 5.41) is 13.6. The Hall–Kier alpha value is -4.66. The van der Waals surface area contributed by atoms with Crippen LogP contribution in [-0.4, -0.2) is 32.0 Å². The van der Waals surface area contributed by atoms with Gasteiger partial charge >= 0.3 is 0 Å². The lowest BCUT2D eigenvalue weighted by atomic mass is 10.1. The molecule has 2 N–H and O–H groups in total. The number of aryl methyl sites for hydroxylation is 1. The highest BCUT2D eigenvalue weighted by Gasteiger charge is 2.22. The molecule has 0 unspecified atom stereocenters. The van der Waals surface area contributed by atoms with E-state index in [0.717, 1.165) is 0 Å². The van der Waals surface area contributed by atoms with Crippen molar-refractivity contribution in [3.05, 3.63) is 69.9 Å². The molecule has 0 spiro atoms. The number of carbonyl (C=O) groups is 1. The highest BCUT2D eigenvalue weighted by Crippen LogP contribution is 2.39. The lowest BCUT2D eigenvalue weighted by molar-refractivity contribution is 0.102. The maximum atomic E-state index is 13.1. The molecule has 2 heterocycles. The first-order valence-electron chi connectivity index (χ1n) is 10.6. The predicted octanol–water partition coefficient (Wildman–Crippen LogP) is 4.47. The minimum absolute atomic E-state index is 0.0498. The van der Waals surface area contributed by atoms with Crippen LogP contribution in [-0.2, 0) is 0 Å². The van der Waals surface area contributed by atoms with E-state index in [1.165, 1.54) is 14.2 Å². The number of carbonyl (C=O) groups excluding carboxylic acids is 1. The van der Waals surface area contributed by atoms with Crippen LogP contribution in [0.2, 0.25) is 0 Å². The molecule has 0 radical (unpaired) electrons.